The number of pyridine rings is 1. The number of nitrogen functional groups attached to an aromatic ring is 1. The average Bonchev–Trinajstić information content (AvgIpc) is 2.91. The lowest BCUT2D eigenvalue weighted by atomic mass is 10.2. The minimum Gasteiger partial charge on any atom is -0.388 e. The molecule has 0 unspecified atom stereocenters. The van der Waals surface area contributed by atoms with Gasteiger partial charge in [0, 0.05) is 5.69 Å². The molecular formula is C16H19N5O. The van der Waals surface area contributed by atoms with E-state index in [-0.39, 0.29) is 6.61 Å². The smallest absolute Gasteiger partial charge is 0.154 e. The number of aromatic nitrogens is 3. The molecule has 22 heavy (non-hydrogen) atoms. The van der Waals surface area contributed by atoms with Crippen molar-refractivity contribution in [3.8, 4) is 0 Å². The molecule has 3 aromatic rings. The molecule has 6 nitrogen and oxygen atoms in total. The van der Waals surface area contributed by atoms with Crippen LogP contribution in [-0.2, 0) is 13.2 Å². The van der Waals surface area contributed by atoms with Crippen molar-refractivity contribution in [3.63, 3.8) is 0 Å². The Labute approximate surface area is 128 Å². The number of imidazole rings is 1. The lowest BCUT2D eigenvalue weighted by Crippen LogP contribution is -2.18. The molecule has 6 heteroatoms. The van der Waals surface area contributed by atoms with Gasteiger partial charge in [-0.05, 0) is 25.0 Å². The summed E-state index contributed by atoms with van der Waals surface area (Å²) < 4.78 is 1.81. The third-order valence-electron chi connectivity index (χ3n) is 3.80. The maximum absolute atomic E-state index is 9.58. The van der Waals surface area contributed by atoms with Gasteiger partial charge < -0.3 is 16.3 Å². The van der Waals surface area contributed by atoms with Crippen LogP contribution in [0, 0.1) is 13.8 Å². The molecule has 3 rings (SSSR count). The molecule has 114 valence electrons. The normalized spacial score (nSPS) is 11.0. The minimum absolute atomic E-state index is 0.172. The number of hydrogen-bond acceptors (Lipinski definition) is 5. The lowest BCUT2D eigenvalue weighted by molar-refractivity contribution is 0.268. The van der Waals surface area contributed by atoms with Gasteiger partial charge in [-0.15, -0.1) is 0 Å². The fourth-order valence-corrected chi connectivity index (χ4v) is 2.52. The molecule has 0 amide bonds. The van der Waals surface area contributed by atoms with Gasteiger partial charge in [0.2, 0.25) is 0 Å². The summed E-state index contributed by atoms with van der Waals surface area (Å²) in [6.07, 6.45) is 0. The van der Waals surface area contributed by atoms with Crippen molar-refractivity contribution >= 4 is 16.9 Å². The lowest BCUT2D eigenvalue weighted by Gasteiger charge is -2.13. The van der Waals surface area contributed by atoms with Crippen LogP contribution in [0.3, 0.4) is 0 Å². The molecule has 2 heterocycles. The Morgan fingerprint density at radius 1 is 1.18 bits per heavy atom. The van der Waals surface area contributed by atoms with Gasteiger partial charge in [0.05, 0.1) is 12.1 Å². The Bertz CT molecular complexity index is 811. The van der Waals surface area contributed by atoms with Crippen molar-refractivity contribution in [2.24, 2.45) is 0 Å². The minimum atomic E-state index is -0.172. The molecule has 4 N–H and O–H groups in total. The summed E-state index contributed by atoms with van der Waals surface area (Å²) in [5.41, 5.74) is 13.8. The molecule has 0 aliphatic rings. The highest BCUT2D eigenvalue weighted by atomic mass is 16.3. The second-order valence-electron chi connectivity index (χ2n) is 5.25. The third kappa shape index (κ3) is 2.37. The van der Waals surface area contributed by atoms with Crippen LogP contribution in [0.2, 0.25) is 0 Å². The van der Waals surface area contributed by atoms with Gasteiger partial charge >= 0.3 is 0 Å². The summed E-state index contributed by atoms with van der Waals surface area (Å²) in [6.45, 7) is 4.35. The molecule has 0 spiro atoms. The number of fused-ring (bicyclic) bond motifs is 1. The Kier molecular flexibility index (Phi) is 3.68. The Hall–Kier alpha value is -2.60. The monoisotopic (exact) mass is 297 g/mol. The van der Waals surface area contributed by atoms with Crippen LogP contribution in [0.1, 0.15) is 22.6 Å². The zero-order valence-electron chi connectivity index (χ0n) is 12.7. The highest BCUT2D eigenvalue weighted by Crippen LogP contribution is 2.25. The second kappa shape index (κ2) is 5.65. The van der Waals surface area contributed by atoms with E-state index in [1.54, 1.807) is 0 Å². The molecule has 0 bridgehead atoms. The van der Waals surface area contributed by atoms with Crippen LogP contribution in [0.5, 0.6) is 0 Å². The Morgan fingerprint density at radius 2 is 1.91 bits per heavy atom. The van der Waals surface area contributed by atoms with Gasteiger partial charge in [0.25, 0.3) is 0 Å². The van der Waals surface area contributed by atoms with E-state index in [2.05, 4.69) is 15.4 Å². The number of nitrogens with two attached hydrogens (primary N) is 1. The second-order valence-corrected chi connectivity index (χ2v) is 5.25. The molecule has 2 aromatic heterocycles. The summed E-state index contributed by atoms with van der Waals surface area (Å²) in [4.78, 5) is 8.71. The van der Waals surface area contributed by atoms with E-state index in [1.807, 2.05) is 48.9 Å². The number of aliphatic hydroxyl groups is 1. The van der Waals surface area contributed by atoms with E-state index in [1.165, 1.54) is 0 Å². The highest BCUT2D eigenvalue weighted by molar-refractivity contribution is 5.88. The number of aryl methyl sites for hydroxylation is 2. The predicted molar refractivity (Wildman–Crippen MR) is 86.8 cm³/mol. The van der Waals surface area contributed by atoms with Gasteiger partial charge in [-0.2, -0.15) is 0 Å². The third-order valence-corrected chi connectivity index (χ3v) is 3.80. The zero-order valence-corrected chi connectivity index (χ0v) is 12.7. The van der Waals surface area contributed by atoms with Gasteiger partial charge in [-0.3, -0.25) is 0 Å². The number of rotatable bonds is 4. The van der Waals surface area contributed by atoms with E-state index in [0.29, 0.717) is 23.7 Å². The number of aliphatic hydroxyl groups excluding tert-OH is 1. The summed E-state index contributed by atoms with van der Waals surface area (Å²) in [5, 5.41) is 9.58. The van der Waals surface area contributed by atoms with Crippen LogP contribution < -0.4 is 11.2 Å². The number of hydrogen-bond donors (Lipinski definition) is 3. The van der Waals surface area contributed by atoms with Crippen molar-refractivity contribution in [2.75, 3.05) is 11.2 Å². The first-order valence-electron chi connectivity index (χ1n) is 7.14. The maximum atomic E-state index is 9.58. The number of anilines is 1. The molecular weight excluding hydrogens is 278 g/mol. The van der Waals surface area contributed by atoms with Crippen molar-refractivity contribution < 1.29 is 5.11 Å². The molecule has 0 atom stereocenters. The highest BCUT2D eigenvalue weighted by Gasteiger charge is 2.17. The van der Waals surface area contributed by atoms with E-state index in [4.69, 9.17) is 5.73 Å². The van der Waals surface area contributed by atoms with Crippen LogP contribution in [0.25, 0.3) is 11.0 Å². The quantitative estimate of drug-likeness (QED) is 0.684. The van der Waals surface area contributed by atoms with Crippen molar-refractivity contribution in [1.82, 2.24) is 14.6 Å². The first kappa shape index (κ1) is 14.3. The number of nitrogens with one attached hydrogen (secondary N) is 1. The van der Waals surface area contributed by atoms with Crippen LogP contribution >= 0.6 is 0 Å². The molecule has 0 radical (unpaired) electrons. The van der Waals surface area contributed by atoms with Crippen molar-refractivity contribution in [1.29, 1.82) is 0 Å². The fraction of sp³-hybridized carbons (Fsp3) is 0.250. The van der Waals surface area contributed by atoms with Gasteiger partial charge in [-0.25, -0.2) is 14.6 Å². The van der Waals surface area contributed by atoms with Gasteiger partial charge in [-0.1, -0.05) is 30.3 Å². The molecule has 0 fully saturated rings. The summed E-state index contributed by atoms with van der Waals surface area (Å²) in [5.74, 6) is 0.904. The van der Waals surface area contributed by atoms with E-state index in [0.717, 1.165) is 22.3 Å². The van der Waals surface area contributed by atoms with Crippen molar-refractivity contribution in [2.45, 2.75) is 27.0 Å². The SMILES string of the molecule is Cc1nc(N)c2nc(CO)n(NCc3ccccc3)c2c1C. The van der Waals surface area contributed by atoms with Crippen molar-refractivity contribution in [3.05, 3.63) is 53.0 Å². The summed E-state index contributed by atoms with van der Waals surface area (Å²) in [7, 11) is 0. The molecule has 0 saturated carbocycles. The number of nitrogens with zero attached hydrogens (tertiary/aromatic N) is 3. The molecule has 1 aromatic carbocycles. The molecule has 0 aliphatic carbocycles. The van der Waals surface area contributed by atoms with E-state index >= 15 is 0 Å². The summed E-state index contributed by atoms with van der Waals surface area (Å²) >= 11 is 0. The van der Waals surface area contributed by atoms with Gasteiger partial charge in [0.1, 0.15) is 12.1 Å². The Morgan fingerprint density at radius 3 is 2.59 bits per heavy atom. The van der Waals surface area contributed by atoms with E-state index < -0.39 is 0 Å². The fourth-order valence-electron chi connectivity index (χ4n) is 2.52. The Balaban J connectivity index is 2.07. The van der Waals surface area contributed by atoms with Crippen LogP contribution in [-0.4, -0.2) is 19.8 Å². The number of benzene rings is 1. The predicted octanol–water partition coefficient (Wildman–Crippen LogP) is 1.87. The topological polar surface area (TPSA) is 89.0 Å². The van der Waals surface area contributed by atoms with Gasteiger partial charge in [0.15, 0.2) is 11.6 Å². The maximum Gasteiger partial charge on any atom is 0.154 e. The van der Waals surface area contributed by atoms with E-state index in [9.17, 15) is 5.11 Å². The standard InChI is InChI=1S/C16H19N5O/c1-10-11(2)19-16(17)14-15(10)21(13(9-22)20-14)18-8-12-6-4-3-5-7-12/h3-7,18,22H,8-9H2,1-2H3,(H2,17,19). The summed E-state index contributed by atoms with van der Waals surface area (Å²) in [6, 6.07) is 10.0. The largest absolute Gasteiger partial charge is 0.388 e. The van der Waals surface area contributed by atoms with Crippen LogP contribution in [0.15, 0.2) is 30.3 Å². The van der Waals surface area contributed by atoms with Crippen LogP contribution in [0.4, 0.5) is 5.82 Å². The molecule has 0 aliphatic heterocycles. The first-order valence-corrected chi connectivity index (χ1v) is 7.14. The molecule has 0 saturated heterocycles. The average molecular weight is 297 g/mol. The zero-order chi connectivity index (χ0) is 15.7. The first-order chi connectivity index (χ1) is 10.6.